The molecule has 0 aromatic heterocycles. The second kappa shape index (κ2) is 8.71. The minimum Gasteiger partial charge on any atom is -0.483 e. The Balaban J connectivity index is 1.65. The van der Waals surface area contributed by atoms with E-state index in [-0.39, 0.29) is 18.4 Å². The number of para-hydroxylation sites is 1. The molecule has 5 nitrogen and oxygen atoms in total. The summed E-state index contributed by atoms with van der Waals surface area (Å²) in [5, 5.41) is 2.82. The van der Waals surface area contributed by atoms with Gasteiger partial charge in [-0.15, -0.1) is 0 Å². The SMILES string of the molecule is Cc1ccc(C)c(OCC(=O)Nc2ccccc2C(=O)N2CCCCC2)c1. The Labute approximate surface area is 160 Å². The molecule has 0 unspecified atom stereocenters. The fourth-order valence-electron chi connectivity index (χ4n) is 3.24. The van der Waals surface area contributed by atoms with Gasteiger partial charge in [0.1, 0.15) is 5.75 Å². The normalized spacial score (nSPS) is 13.9. The van der Waals surface area contributed by atoms with Crippen LogP contribution in [0.15, 0.2) is 42.5 Å². The molecule has 1 aliphatic heterocycles. The molecule has 5 heteroatoms. The summed E-state index contributed by atoms with van der Waals surface area (Å²) in [6.07, 6.45) is 3.23. The van der Waals surface area contributed by atoms with E-state index in [2.05, 4.69) is 5.32 Å². The van der Waals surface area contributed by atoms with Gasteiger partial charge in [0.05, 0.1) is 11.3 Å². The van der Waals surface area contributed by atoms with Crippen LogP contribution in [0.25, 0.3) is 0 Å². The lowest BCUT2D eigenvalue weighted by atomic mass is 10.1. The van der Waals surface area contributed by atoms with Crippen molar-refractivity contribution >= 4 is 17.5 Å². The second-order valence-corrected chi connectivity index (χ2v) is 7.00. The zero-order chi connectivity index (χ0) is 19.2. The van der Waals surface area contributed by atoms with E-state index in [9.17, 15) is 9.59 Å². The van der Waals surface area contributed by atoms with Crippen molar-refractivity contribution < 1.29 is 14.3 Å². The first kappa shape index (κ1) is 19.0. The summed E-state index contributed by atoms with van der Waals surface area (Å²) < 4.78 is 5.66. The van der Waals surface area contributed by atoms with Gasteiger partial charge in [-0.1, -0.05) is 24.3 Å². The molecule has 0 bridgehead atoms. The first-order chi connectivity index (χ1) is 13.0. The number of carbonyl (C=O) groups is 2. The van der Waals surface area contributed by atoms with Gasteiger partial charge in [0, 0.05) is 13.1 Å². The van der Waals surface area contributed by atoms with Crippen molar-refractivity contribution in [3.05, 3.63) is 59.2 Å². The molecule has 27 heavy (non-hydrogen) atoms. The zero-order valence-electron chi connectivity index (χ0n) is 16.0. The first-order valence-electron chi connectivity index (χ1n) is 9.43. The van der Waals surface area contributed by atoms with Crippen LogP contribution in [0.2, 0.25) is 0 Å². The fraction of sp³-hybridized carbons (Fsp3) is 0.364. The van der Waals surface area contributed by atoms with Crippen LogP contribution in [0, 0.1) is 13.8 Å². The van der Waals surface area contributed by atoms with E-state index in [1.165, 1.54) is 0 Å². The topological polar surface area (TPSA) is 58.6 Å². The number of rotatable bonds is 5. The molecule has 1 fully saturated rings. The maximum atomic E-state index is 12.8. The van der Waals surface area contributed by atoms with Crippen molar-refractivity contribution in [2.24, 2.45) is 0 Å². The van der Waals surface area contributed by atoms with Gasteiger partial charge in [-0.25, -0.2) is 0 Å². The second-order valence-electron chi connectivity index (χ2n) is 7.00. The number of anilines is 1. The maximum absolute atomic E-state index is 12.8. The zero-order valence-corrected chi connectivity index (χ0v) is 16.0. The minimum atomic E-state index is -0.283. The largest absolute Gasteiger partial charge is 0.483 e. The predicted molar refractivity (Wildman–Crippen MR) is 106 cm³/mol. The van der Waals surface area contributed by atoms with Crippen LogP contribution < -0.4 is 10.1 Å². The van der Waals surface area contributed by atoms with E-state index < -0.39 is 0 Å². The molecule has 1 saturated heterocycles. The molecule has 2 amide bonds. The summed E-state index contributed by atoms with van der Waals surface area (Å²) in [4.78, 5) is 27.0. The smallest absolute Gasteiger partial charge is 0.262 e. The Morgan fingerprint density at radius 2 is 1.78 bits per heavy atom. The molecule has 0 aliphatic carbocycles. The van der Waals surface area contributed by atoms with Crippen LogP contribution in [-0.4, -0.2) is 36.4 Å². The number of nitrogens with one attached hydrogen (secondary N) is 1. The summed E-state index contributed by atoms with van der Waals surface area (Å²) in [5.41, 5.74) is 3.12. The van der Waals surface area contributed by atoms with Crippen molar-refractivity contribution in [2.45, 2.75) is 33.1 Å². The molecule has 3 rings (SSSR count). The molecule has 2 aromatic rings. The van der Waals surface area contributed by atoms with Gasteiger partial charge in [-0.3, -0.25) is 9.59 Å². The summed E-state index contributed by atoms with van der Waals surface area (Å²) in [7, 11) is 0. The Hall–Kier alpha value is -2.82. The van der Waals surface area contributed by atoms with Gasteiger partial charge in [0.25, 0.3) is 11.8 Å². The molecule has 0 radical (unpaired) electrons. The van der Waals surface area contributed by atoms with Gasteiger partial charge in [-0.05, 0) is 62.4 Å². The number of aryl methyl sites for hydroxylation is 2. The van der Waals surface area contributed by atoms with E-state index in [1.807, 2.05) is 49.1 Å². The molecular weight excluding hydrogens is 340 g/mol. The number of hydrogen-bond acceptors (Lipinski definition) is 3. The highest BCUT2D eigenvalue weighted by Gasteiger charge is 2.21. The lowest BCUT2D eigenvalue weighted by Crippen LogP contribution is -2.36. The molecule has 0 spiro atoms. The Morgan fingerprint density at radius 3 is 2.56 bits per heavy atom. The van der Waals surface area contributed by atoms with Crippen molar-refractivity contribution in [3.63, 3.8) is 0 Å². The van der Waals surface area contributed by atoms with Crippen LogP contribution in [0.3, 0.4) is 0 Å². The number of carbonyl (C=O) groups excluding carboxylic acids is 2. The molecule has 1 N–H and O–H groups in total. The van der Waals surface area contributed by atoms with Crippen molar-refractivity contribution in [1.29, 1.82) is 0 Å². The summed E-state index contributed by atoms with van der Waals surface area (Å²) in [6.45, 7) is 5.37. The quantitative estimate of drug-likeness (QED) is 0.872. The molecule has 1 heterocycles. The lowest BCUT2D eigenvalue weighted by molar-refractivity contribution is -0.118. The van der Waals surface area contributed by atoms with Crippen LogP contribution >= 0.6 is 0 Å². The molecule has 1 aliphatic rings. The Bertz CT molecular complexity index is 826. The van der Waals surface area contributed by atoms with Crippen LogP contribution in [0.1, 0.15) is 40.7 Å². The number of likely N-dealkylation sites (tertiary alicyclic amines) is 1. The van der Waals surface area contributed by atoms with Gasteiger partial charge in [0.2, 0.25) is 0 Å². The predicted octanol–water partition coefficient (Wildman–Crippen LogP) is 3.95. The van der Waals surface area contributed by atoms with Crippen molar-refractivity contribution in [2.75, 3.05) is 25.0 Å². The fourth-order valence-corrected chi connectivity index (χ4v) is 3.24. The lowest BCUT2D eigenvalue weighted by Gasteiger charge is -2.27. The molecule has 0 saturated carbocycles. The number of nitrogens with zero attached hydrogens (tertiary/aromatic N) is 1. The molecule has 0 atom stereocenters. The minimum absolute atomic E-state index is 0.0268. The monoisotopic (exact) mass is 366 g/mol. The average Bonchev–Trinajstić information content (AvgIpc) is 2.69. The van der Waals surface area contributed by atoms with E-state index in [4.69, 9.17) is 4.74 Å². The third-order valence-electron chi connectivity index (χ3n) is 4.78. The van der Waals surface area contributed by atoms with E-state index in [1.54, 1.807) is 12.1 Å². The first-order valence-corrected chi connectivity index (χ1v) is 9.43. The summed E-state index contributed by atoms with van der Waals surface area (Å²) in [6, 6.07) is 13.0. The number of piperidine rings is 1. The number of amides is 2. The molecular formula is C22H26N2O3. The number of benzene rings is 2. The highest BCUT2D eigenvalue weighted by Crippen LogP contribution is 2.21. The van der Waals surface area contributed by atoms with Crippen LogP contribution in [0.5, 0.6) is 5.75 Å². The van der Waals surface area contributed by atoms with E-state index >= 15 is 0 Å². The van der Waals surface area contributed by atoms with Crippen LogP contribution in [-0.2, 0) is 4.79 Å². The summed E-state index contributed by atoms with van der Waals surface area (Å²) in [5.74, 6) is 0.388. The third kappa shape index (κ3) is 4.88. The average molecular weight is 366 g/mol. The molecule has 142 valence electrons. The standard InChI is InChI=1S/C22H26N2O3/c1-16-10-11-17(2)20(14-16)27-15-21(25)23-19-9-5-4-8-18(19)22(26)24-12-6-3-7-13-24/h4-5,8-11,14H,3,6-7,12-13,15H2,1-2H3,(H,23,25). The van der Waals surface area contributed by atoms with E-state index in [0.29, 0.717) is 17.0 Å². The van der Waals surface area contributed by atoms with E-state index in [0.717, 1.165) is 43.5 Å². The molecule has 2 aromatic carbocycles. The third-order valence-corrected chi connectivity index (χ3v) is 4.78. The van der Waals surface area contributed by atoms with Crippen molar-refractivity contribution in [3.8, 4) is 5.75 Å². The van der Waals surface area contributed by atoms with Crippen molar-refractivity contribution in [1.82, 2.24) is 4.90 Å². The van der Waals surface area contributed by atoms with Gasteiger partial charge >= 0.3 is 0 Å². The Morgan fingerprint density at radius 1 is 1.04 bits per heavy atom. The number of hydrogen-bond donors (Lipinski definition) is 1. The van der Waals surface area contributed by atoms with Gasteiger partial charge < -0.3 is 15.0 Å². The highest BCUT2D eigenvalue weighted by molar-refractivity contribution is 6.04. The van der Waals surface area contributed by atoms with Crippen LogP contribution in [0.4, 0.5) is 5.69 Å². The Kier molecular flexibility index (Phi) is 6.12. The highest BCUT2D eigenvalue weighted by atomic mass is 16.5. The van der Waals surface area contributed by atoms with Gasteiger partial charge in [-0.2, -0.15) is 0 Å². The van der Waals surface area contributed by atoms with Gasteiger partial charge in [0.15, 0.2) is 6.61 Å². The number of ether oxygens (including phenoxy) is 1. The summed E-state index contributed by atoms with van der Waals surface area (Å²) >= 11 is 0. The maximum Gasteiger partial charge on any atom is 0.262 e.